The molecule has 3 N–H and O–H groups in total. The molecule has 0 radical (unpaired) electrons. The maximum atomic E-state index is 10.0. The van der Waals surface area contributed by atoms with Crippen molar-refractivity contribution in [1.82, 2.24) is 4.98 Å². The Balaban J connectivity index is 2.86. The van der Waals surface area contributed by atoms with Gasteiger partial charge in [0, 0.05) is 12.3 Å². The zero-order valence-corrected chi connectivity index (χ0v) is 5.52. The summed E-state index contributed by atoms with van der Waals surface area (Å²) in [6, 6.07) is 1.38. The van der Waals surface area contributed by atoms with Crippen LogP contribution in [0.2, 0.25) is 0 Å². The number of hydrogen-bond acceptors (Lipinski definition) is 4. The van der Waals surface area contributed by atoms with Crippen molar-refractivity contribution in [3.05, 3.63) is 18.5 Å². The molecule has 1 aromatic rings. The number of anilines is 1. The largest absolute Gasteiger partial charge is 0.511 e. The number of nitrogen functional groups attached to an aromatic ring is 1. The number of hydrogen-bond donors (Lipinski definition) is 2. The zero-order chi connectivity index (χ0) is 8.27. The zero-order valence-electron chi connectivity index (χ0n) is 5.52. The van der Waals surface area contributed by atoms with E-state index in [4.69, 9.17) is 10.8 Å². The van der Waals surface area contributed by atoms with E-state index in [1.54, 1.807) is 0 Å². The minimum Gasteiger partial charge on any atom is -0.449 e. The molecule has 0 aliphatic heterocycles. The SMILES string of the molecule is Nc1cnccc1OC(=O)O. The molecule has 5 nitrogen and oxygen atoms in total. The molecule has 1 rings (SSSR count). The highest BCUT2D eigenvalue weighted by Gasteiger charge is 2.03. The number of ether oxygens (including phenoxy) is 1. The van der Waals surface area contributed by atoms with Crippen LogP contribution in [0.15, 0.2) is 18.5 Å². The minimum atomic E-state index is -1.39. The van der Waals surface area contributed by atoms with Gasteiger partial charge in [0.05, 0.1) is 11.9 Å². The highest BCUT2D eigenvalue weighted by atomic mass is 16.7. The second-order valence-electron chi connectivity index (χ2n) is 1.78. The van der Waals surface area contributed by atoms with Gasteiger partial charge in [0.1, 0.15) is 0 Å². The first kappa shape index (κ1) is 7.33. The van der Waals surface area contributed by atoms with Gasteiger partial charge in [-0.05, 0) is 0 Å². The molecule has 0 atom stereocenters. The second kappa shape index (κ2) is 2.87. The lowest BCUT2D eigenvalue weighted by atomic mass is 10.4. The number of aromatic nitrogens is 1. The van der Waals surface area contributed by atoms with Gasteiger partial charge in [-0.3, -0.25) is 4.98 Å². The first-order valence-corrected chi connectivity index (χ1v) is 2.80. The van der Waals surface area contributed by atoms with Crippen molar-refractivity contribution < 1.29 is 14.6 Å². The van der Waals surface area contributed by atoms with E-state index in [1.165, 1.54) is 18.5 Å². The summed E-state index contributed by atoms with van der Waals surface area (Å²) in [4.78, 5) is 13.7. The van der Waals surface area contributed by atoms with E-state index in [1.807, 2.05) is 0 Å². The molecular formula is C6H6N2O3. The fourth-order valence-electron chi connectivity index (χ4n) is 0.581. The van der Waals surface area contributed by atoms with E-state index in [-0.39, 0.29) is 11.4 Å². The Kier molecular flexibility index (Phi) is 1.91. The Morgan fingerprint density at radius 1 is 1.73 bits per heavy atom. The van der Waals surface area contributed by atoms with Gasteiger partial charge in [-0.1, -0.05) is 0 Å². The van der Waals surface area contributed by atoms with Crippen molar-refractivity contribution in [2.24, 2.45) is 0 Å². The molecule has 58 valence electrons. The molecule has 0 aliphatic rings. The summed E-state index contributed by atoms with van der Waals surface area (Å²) in [6.07, 6.45) is 1.33. The van der Waals surface area contributed by atoms with Crippen LogP contribution in [0.25, 0.3) is 0 Å². The van der Waals surface area contributed by atoms with Crippen LogP contribution in [-0.2, 0) is 0 Å². The van der Waals surface area contributed by atoms with Gasteiger partial charge < -0.3 is 15.6 Å². The van der Waals surface area contributed by atoms with Gasteiger partial charge in [0.2, 0.25) is 0 Å². The fourth-order valence-corrected chi connectivity index (χ4v) is 0.581. The molecule has 11 heavy (non-hydrogen) atoms. The molecule has 0 amide bonds. The molecule has 0 saturated heterocycles. The number of carbonyl (C=O) groups is 1. The molecule has 0 aliphatic carbocycles. The van der Waals surface area contributed by atoms with Gasteiger partial charge in [-0.25, -0.2) is 4.79 Å². The van der Waals surface area contributed by atoms with E-state index in [9.17, 15) is 4.79 Å². The van der Waals surface area contributed by atoms with Crippen LogP contribution in [0.5, 0.6) is 5.75 Å². The van der Waals surface area contributed by atoms with E-state index in [2.05, 4.69) is 9.72 Å². The average molecular weight is 154 g/mol. The van der Waals surface area contributed by atoms with Crippen molar-refractivity contribution in [3.8, 4) is 5.75 Å². The van der Waals surface area contributed by atoms with Gasteiger partial charge in [-0.15, -0.1) is 0 Å². The van der Waals surface area contributed by atoms with Gasteiger partial charge in [0.15, 0.2) is 5.75 Å². The third kappa shape index (κ3) is 1.82. The van der Waals surface area contributed by atoms with Gasteiger partial charge in [-0.2, -0.15) is 0 Å². The standard InChI is InChI=1S/C6H6N2O3/c7-4-3-8-2-1-5(4)11-6(9)10/h1-3H,7H2,(H,9,10). The third-order valence-electron chi connectivity index (χ3n) is 1.01. The van der Waals surface area contributed by atoms with E-state index in [0.29, 0.717) is 0 Å². The van der Waals surface area contributed by atoms with Crippen LogP contribution >= 0.6 is 0 Å². The van der Waals surface area contributed by atoms with E-state index >= 15 is 0 Å². The predicted octanol–water partition coefficient (Wildman–Crippen LogP) is 0.721. The number of nitrogens with two attached hydrogens (primary N) is 1. The van der Waals surface area contributed by atoms with Crippen LogP contribution in [0.4, 0.5) is 10.5 Å². The first-order chi connectivity index (χ1) is 5.20. The molecule has 1 heterocycles. The molecule has 0 saturated carbocycles. The molecule has 5 heteroatoms. The summed E-state index contributed by atoms with van der Waals surface area (Å²) in [6.45, 7) is 0. The molecular weight excluding hydrogens is 148 g/mol. The van der Waals surface area contributed by atoms with Crippen molar-refractivity contribution in [3.63, 3.8) is 0 Å². The first-order valence-electron chi connectivity index (χ1n) is 2.80. The third-order valence-corrected chi connectivity index (χ3v) is 1.01. The lowest BCUT2D eigenvalue weighted by Gasteiger charge is -2.00. The Labute approximate surface area is 62.4 Å². The lowest BCUT2D eigenvalue weighted by molar-refractivity contribution is 0.144. The maximum absolute atomic E-state index is 10.0. The number of carboxylic acid groups (broad SMARTS) is 1. The summed E-state index contributed by atoms with van der Waals surface area (Å²) in [5, 5.41) is 8.19. The Hall–Kier alpha value is -1.78. The summed E-state index contributed by atoms with van der Waals surface area (Å²) in [5.74, 6) is 0.104. The summed E-state index contributed by atoms with van der Waals surface area (Å²) >= 11 is 0. The Bertz CT molecular complexity index is 274. The van der Waals surface area contributed by atoms with Crippen molar-refractivity contribution >= 4 is 11.8 Å². The number of nitrogens with zero attached hydrogens (tertiary/aromatic N) is 1. The molecule has 0 unspecified atom stereocenters. The topological polar surface area (TPSA) is 85.4 Å². The minimum absolute atomic E-state index is 0.104. The summed E-state index contributed by atoms with van der Waals surface area (Å²) in [7, 11) is 0. The number of pyridine rings is 1. The van der Waals surface area contributed by atoms with Crippen molar-refractivity contribution in [2.75, 3.05) is 5.73 Å². The maximum Gasteiger partial charge on any atom is 0.511 e. The highest BCUT2D eigenvalue weighted by Crippen LogP contribution is 2.17. The highest BCUT2D eigenvalue weighted by molar-refractivity contribution is 5.65. The van der Waals surface area contributed by atoms with Gasteiger partial charge in [0.25, 0.3) is 0 Å². The van der Waals surface area contributed by atoms with Crippen LogP contribution in [0.3, 0.4) is 0 Å². The summed E-state index contributed by atoms with van der Waals surface area (Å²) < 4.78 is 4.30. The molecule has 0 fully saturated rings. The predicted molar refractivity (Wildman–Crippen MR) is 37.3 cm³/mol. The Morgan fingerprint density at radius 2 is 2.45 bits per heavy atom. The smallest absolute Gasteiger partial charge is 0.449 e. The van der Waals surface area contributed by atoms with Crippen LogP contribution in [0, 0.1) is 0 Å². The van der Waals surface area contributed by atoms with Crippen molar-refractivity contribution in [1.29, 1.82) is 0 Å². The molecule has 0 bridgehead atoms. The second-order valence-corrected chi connectivity index (χ2v) is 1.78. The monoisotopic (exact) mass is 154 g/mol. The Morgan fingerprint density at radius 3 is 3.00 bits per heavy atom. The van der Waals surface area contributed by atoms with E-state index in [0.717, 1.165) is 0 Å². The normalized spacial score (nSPS) is 9.09. The molecule has 1 aromatic heterocycles. The molecule has 0 spiro atoms. The quantitative estimate of drug-likeness (QED) is 0.582. The average Bonchev–Trinajstić information content (AvgIpc) is 1.93. The van der Waals surface area contributed by atoms with Crippen molar-refractivity contribution in [2.45, 2.75) is 0 Å². The van der Waals surface area contributed by atoms with Crippen LogP contribution in [-0.4, -0.2) is 16.2 Å². The lowest BCUT2D eigenvalue weighted by Crippen LogP contribution is -2.05. The fraction of sp³-hybridized carbons (Fsp3) is 0. The molecule has 0 aromatic carbocycles. The van der Waals surface area contributed by atoms with E-state index < -0.39 is 6.16 Å². The summed E-state index contributed by atoms with van der Waals surface area (Å²) in [5.41, 5.74) is 5.52. The number of rotatable bonds is 1. The van der Waals surface area contributed by atoms with Crippen LogP contribution in [0.1, 0.15) is 0 Å². The van der Waals surface area contributed by atoms with Gasteiger partial charge >= 0.3 is 6.16 Å². The van der Waals surface area contributed by atoms with Crippen LogP contribution < -0.4 is 10.5 Å².